The van der Waals surface area contributed by atoms with Crippen LogP contribution in [0.5, 0.6) is 0 Å². The van der Waals surface area contributed by atoms with Crippen molar-refractivity contribution >= 4 is 17.5 Å². The van der Waals surface area contributed by atoms with Crippen LogP contribution in [0.4, 0.5) is 0 Å². The zero-order chi connectivity index (χ0) is 20.5. The fourth-order valence-corrected chi connectivity index (χ4v) is 5.25. The van der Waals surface area contributed by atoms with Crippen LogP contribution < -0.4 is 10.9 Å². The van der Waals surface area contributed by atoms with Crippen molar-refractivity contribution in [3.05, 3.63) is 57.0 Å². The van der Waals surface area contributed by atoms with Crippen LogP contribution in [0.1, 0.15) is 50.8 Å². The van der Waals surface area contributed by atoms with Gasteiger partial charge in [-0.1, -0.05) is 56.5 Å². The number of aromatic nitrogens is 1. The van der Waals surface area contributed by atoms with Crippen molar-refractivity contribution in [2.75, 3.05) is 0 Å². The van der Waals surface area contributed by atoms with Gasteiger partial charge in [-0.05, 0) is 54.7 Å². The van der Waals surface area contributed by atoms with E-state index in [1.54, 1.807) is 10.6 Å². The smallest absolute Gasteiger partial charge is 0.251 e. The number of carbonyl (C=O) groups excluding carboxylic acids is 1. The van der Waals surface area contributed by atoms with E-state index in [-0.39, 0.29) is 24.1 Å². The number of pyridine rings is 1. The number of hydrogen-bond donors (Lipinski definition) is 1. The molecular weight excluding hydrogens is 384 g/mol. The average molecular weight is 413 g/mol. The maximum Gasteiger partial charge on any atom is 0.251 e. The van der Waals surface area contributed by atoms with E-state index in [2.05, 4.69) is 19.2 Å². The summed E-state index contributed by atoms with van der Waals surface area (Å²) in [6.45, 7) is 4.58. The van der Waals surface area contributed by atoms with Gasteiger partial charge in [0.05, 0.1) is 0 Å². The summed E-state index contributed by atoms with van der Waals surface area (Å²) in [6, 6.07) is 9.50. The summed E-state index contributed by atoms with van der Waals surface area (Å²) < 4.78 is 1.68. The number of benzene rings is 1. The first kappa shape index (κ1) is 20.2. The van der Waals surface area contributed by atoms with E-state index < -0.39 is 0 Å². The Bertz CT molecular complexity index is 981. The molecule has 0 radical (unpaired) electrons. The average Bonchev–Trinajstić information content (AvgIpc) is 3.18. The summed E-state index contributed by atoms with van der Waals surface area (Å²) in [5, 5.41) is 3.85. The van der Waals surface area contributed by atoms with Gasteiger partial charge in [0.15, 0.2) is 0 Å². The molecule has 1 amide bonds. The molecule has 1 N–H and O–H groups in total. The van der Waals surface area contributed by atoms with Crippen LogP contribution in [-0.4, -0.2) is 16.5 Å². The van der Waals surface area contributed by atoms with E-state index in [4.69, 9.17) is 11.6 Å². The maximum atomic E-state index is 13.0. The second kappa shape index (κ2) is 8.35. The minimum Gasteiger partial charge on any atom is -0.352 e. The Morgan fingerprint density at radius 2 is 1.93 bits per heavy atom. The Morgan fingerprint density at radius 3 is 2.72 bits per heavy atom. The Labute approximate surface area is 177 Å². The lowest BCUT2D eigenvalue weighted by Crippen LogP contribution is -2.45. The molecule has 1 aromatic heterocycles. The molecule has 4 nitrogen and oxygen atoms in total. The molecule has 5 heteroatoms. The largest absolute Gasteiger partial charge is 0.352 e. The van der Waals surface area contributed by atoms with Crippen molar-refractivity contribution in [3.63, 3.8) is 0 Å². The van der Waals surface area contributed by atoms with Gasteiger partial charge < -0.3 is 9.88 Å². The molecule has 2 aromatic rings. The first-order valence-corrected chi connectivity index (χ1v) is 11.1. The molecule has 1 heterocycles. The van der Waals surface area contributed by atoms with E-state index in [0.29, 0.717) is 16.9 Å². The van der Waals surface area contributed by atoms with Crippen LogP contribution in [0.25, 0.3) is 11.1 Å². The second-order valence-electron chi connectivity index (χ2n) is 8.68. The number of halogens is 1. The maximum absolute atomic E-state index is 13.0. The topological polar surface area (TPSA) is 51.1 Å². The summed E-state index contributed by atoms with van der Waals surface area (Å²) in [5.41, 5.74) is 3.84. The molecule has 1 fully saturated rings. The highest BCUT2D eigenvalue weighted by molar-refractivity contribution is 6.33. The van der Waals surface area contributed by atoms with Crippen LogP contribution in [-0.2, 0) is 24.2 Å². The molecule has 0 aliphatic heterocycles. The molecule has 0 bridgehead atoms. The van der Waals surface area contributed by atoms with Gasteiger partial charge in [-0.25, -0.2) is 0 Å². The standard InChI is InChI=1S/C24H29ClN2O2/c1-15-7-5-11-21(16(15)2)26-23(28)14-27-22-12-6-9-18(22)19(13-24(27)29)17-8-3-4-10-20(17)25/h3-4,8,10,13,15-16,21H,5-7,9,11-12,14H2,1-2H3,(H,26,28)/t15-,16-,21-/m1/s1. The summed E-state index contributed by atoms with van der Waals surface area (Å²) in [7, 11) is 0. The van der Waals surface area contributed by atoms with Crippen LogP contribution in [0.15, 0.2) is 35.1 Å². The van der Waals surface area contributed by atoms with E-state index in [1.807, 2.05) is 24.3 Å². The van der Waals surface area contributed by atoms with Gasteiger partial charge in [0.1, 0.15) is 6.54 Å². The molecular formula is C24H29ClN2O2. The highest BCUT2D eigenvalue weighted by atomic mass is 35.5. The van der Waals surface area contributed by atoms with Gasteiger partial charge in [-0.15, -0.1) is 0 Å². The number of nitrogens with zero attached hydrogens (tertiary/aromatic N) is 1. The SMILES string of the molecule is C[C@@H]1[C@H](C)CCC[C@H]1NC(=O)Cn1c2c(c(-c3ccccc3Cl)cc1=O)CCC2. The van der Waals surface area contributed by atoms with E-state index in [1.165, 1.54) is 6.42 Å². The third-order valence-corrected chi connectivity index (χ3v) is 7.22. The molecule has 3 atom stereocenters. The number of amides is 1. The molecule has 154 valence electrons. The first-order valence-electron chi connectivity index (χ1n) is 10.8. The van der Waals surface area contributed by atoms with Crippen molar-refractivity contribution in [1.82, 2.24) is 9.88 Å². The Morgan fingerprint density at radius 1 is 1.14 bits per heavy atom. The lowest BCUT2D eigenvalue weighted by molar-refractivity contribution is -0.123. The zero-order valence-electron chi connectivity index (χ0n) is 17.2. The van der Waals surface area contributed by atoms with Crippen LogP contribution >= 0.6 is 11.6 Å². The van der Waals surface area contributed by atoms with E-state index in [9.17, 15) is 9.59 Å². The molecule has 0 unspecified atom stereocenters. The lowest BCUT2D eigenvalue weighted by atomic mass is 9.78. The molecule has 2 aliphatic rings. The lowest BCUT2D eigenvalue weighted by Gasteiger charge is -2.34. The molecule has 2 aliphatic carbocycles. The van der Waals surface area contributed by atoms with Crippen molar-refractivity contribution in [2.45, 2.75) is 65.0 Å². The van der Waals surface area contributed by atoms with Crippen molar-refractivity contribution in [2.24, 2.45) is 11.8 Å². The van der Waals surface area contributed by atoms with Crippen LogP contribution in [0, 0.1) is 11.8 Å². The number of carbonyl (C=O) groups is 1. The highest BCUT2D eigenvalue weighted by Crippen LogP contribution is 2.35. The van der Waals surface area contributed by atoms with Crippen LogP contribution in [0.3, 0.4) is 0 Å². The highest BCUT2D eigenvalue weighted by Gasteiger charge is 2.29. The van der Waals surface area contributed by atoms with E-state index in [0.717, 1.165) is 54.5 Å². The number of rotatable bonds is 4. The summed E-state index contributed by atoms with van der Waals surface area (Å²) >= 11 is 6.40. The summed E-state index contributed by atoms with van der Waals surface area (Å²) in [5.74, 6) is 1.03. The number of nitrogens with one attached hydrogen (secondary N) is 1. The molecule has 0 spiro atoms. The predicted octanol–water partition coefficient (Wildman–Crippen LogP) is 4.60. The quantitative estimate of drug-likeness (QED) is 0.797. The molecule has 0 saturated heterocycles. The van der Waals surface area contributed by atoms with Gasteiger partial charge >= 0.3 is 0 Å². The summed E-state index contributed by atoms with van der Waals surface area (Å²) in [4.78, 5) is 25.8. The van der Waals surface area contributed by atoms with Gasteiger partial charge in [0.2, 0.25) is 5.91 Å². The minimum atomic E-state index is -0.124. The van der Waals surface area contributed by atoms with Gasteiger partial charge in [0.25, 0.3) is 5.56 Å². The van der Waals surface area contributed by atoms with E-state index >= 15 is 0 Å². The second-order valence-corrected chi connectivity index (χ2v) is 9.09. The third kappa shape index (κ3) is 4.00. The zero-order valence-corrected chi connectivity index (χ0v) is 18.0. The van der Waals surface area contributed by atoms with Crippen LogP contribution in [0.2, 0.25) is 5.02 Å². The fraction of sp³-hybridized carbons (Fsp3) is 0.500. The molecule has 1 saturated carbocycles. The molecule has 1 aromatic carbocycles. The van der Waals surface area contributed by atoms with Crippen molar-refractivity contribution in [3.8, 4) is 11.1 Å². The number of fused-ring (bicyclic) bond motifs is 1. The fourth-order valence-electron chi connectivity index (χ4n) is 5.01. The Balaban J connectivity index is 1.61. The molecule has 29 heavy (non-hydrogen) atoms. The number of hydrogen-bond acceptors (Lipinski definition) is 2. The minimum absolute atomic E-state index is 0.0577. The van der Waals surface area contributed by atoms with Crippen molar-refractivity contribution in [1.29, 1.82) is 0 Å². The monoisotopic (exact) mass is 412 g/mol. The van der Waals surface area contributed by atoms with Gasteiger partial charge in [-0.2, -0.15) is 0 Å². The van der Waals surface area contributed by atoms with Gasteiger partial charge in [0, 0.05) is 28.4 Å². The summed E-state index contributed by atoms with van der Waals surface area (Å²) in [6.07, 6.45) is 6.13. The Hall–Kier alpha value is -2.07. The van der Waals surface area contributed by atoms with Gasteiger partial charge in [-0.3, -0.25) is 9.59 Å². The normalized spacial score (nSPS) is 23.6. The third-order valence-electron chi connectivity index (χ3n) is 6.89. The predicted molar refractivity (Wildman–Crippen MR) is 117 cm³/mol. The first-order chi connectivity index (χ1) is 14.0. The molecule has 4 rings (SSSR count). The van der Waals surface area contributed by atoms with Crippen molar-refractivity contribution < 1.29 is 4.79 Å². The Kier molecular flexibility index (Phi) is 5.82.